The molecule has 0 bridgehead atoms. The molecule has 1 amide bonds. The van der Waals surface area contributed by atoms with E-state index in [0.717, 1.165) is 12.1 Å². The number of carbonyl (C=O) groups excluding carboxylic acids is 1. The number of methoxy groups -OCH3 is 2. The number of carbonyl (C=O) groups is 1. The number of alkyl halides is 3. The fourth-order valence-corrected chi connectivity index (χ4v) is 3.30. The maximum absolute atomic E-state index is 12.9. The minimum absolute atomic E-state index is 0.0719. The molecular formula is C21H18F3N3O4. The van der Waals surface area contributed by atoms with Crippen molar-refractivity contribution in [1.82, 2.24) is 15.0 Å². The molecule has 1 aliphatic heterocycles. The second kappa shape index (κ2) is 7.93. The summed E-state index contributed by atoms with van der Waals surface area (Å²) in [6.07, 6.45) is -4.46. The molecule has 1 aliphatic rings. The number of nitrogens with zero attached hydrogens (tertiary/aromatic N) is 3. The van der Waals surface area contributed by atoms with Gasteiger partial charge in [-0.3, -0.25) is 4.79 Å². The van der Waals surface area contributed by atoms with E-state index in [-0.39, 0.29) is 29.1 Å². The Morgan fingerprint density at radius 2 is 1.90 bits per heavy atom. The van der Waals surface area contributed by atoms with Crippen molar-refractivity contribution in [2.45, 2.75) is 12.1 Å². The number of hydrogen-bond acceptors (Lipinski definition) is 6. The van der Waals surface area contributed by atoms with Gasteiger partial charge in [0.15, 0.2) is 0 Å². The van der Waals surface area contributed by atoms with Gasteiger partial charge in [0.1, 0.15) is 11.5 Å². The fourth-order valence-electron chi connectivity index (χ4n) is 3.30. The van der Waals surface area contributed by atoms with Crippen LogP contribution in [0.15, 0.2) is 47.0 Å². The van der Waals surface area contributed by atoms with Gasteiger partial charge in [0, 0.05) is 24.7 Å². The van der Waals surface area contributed by atoms with Crippen LogP contribution in [0.4, 0.5) is 13.2 Å². The monoisotopic (exact) mass is 433 g/mol. The highest BCUT2D eigenvalue weighted by Gasteiger charge is 2.37. The van der Waals surface area contributed by atoms with Crippen LogP contribution in [0.5, 0.6) is 11.5 Å². The summed E-state index contributed by atoms with van der Waals surface area (Å²) in [5.41, 5.74) is -0.179. The standard InChI is InChI=1S/C21H18F3N3O4/c1-29-15-6-7-16(17(9-15)30-2)20(28)27-10-13(11-27)19-25-18(26-31-19)12-4-3-5-14(8-12)21(22,23)24/h3-9,13H,10-11H2,1-2H3. The summed E-state index contributed by atoms with van der Waals surface area (Å²) in [5.74, 6) is 0.912. The summed E-state index contributed by atoms with van der Waals surface area (Å²) in [6, 6.07) is 9.66. The van der Waals surface area contributed by atoms with Crippen LogP contribution in [0.2, 0.25) is 0 Å². The van der Waals surface area contributed by atoms with Gasteiger partial charge in [-0.1, -0.05) is 17.3 Å². The third-order valence-corrected chi connectivity index (χ3v) is 5.05. The summed E-state index contributed by atoms with van der Waals surface area (Å²) in [5, 5.41) is 3.80. The highest BCUT2D eigenvalue weighted by Crippen LogP contribution is 2.34. The molecule has 3 aromatic rings. The van der Waals surface area contributed by atoms with Crippen LogP contribution in [0.25, 0.3) is 11.4 Å². The maximum Gasteiger partial charge on any atom is 0.416 e. The molecule has 0 N–H and O–H groups in total. The molecule has 1 saturated heterocycles. The second-order valence-electron chi connectivity index (χ2n) is 7.01. The minimum Gasteiger partial charge on any atom is -0.497 e. The number of hydrogen-bond donors (Lipinski definition) is 0. The molecule has 0 unspecified atom stereocenters. The molecule has 0 atom stereocenters. The molecule has 0 spiro atoms. The lowest BCUT2D eigenvalue weighted by Gasteiger charge is -2.37. The summed E-state index contributed by atoms with van der Waals surface area (Å²) in [6.45, 7) is 0.691. The molecule has 162 valence electrons. The molecule has 4 rings (SSSR count). The van der Waals surface area contributed by atoms with Gasteiger partial charge in [0.05, 0.1) is 31.3 Å². The van der Waals surface area contributed by atoms with E-state index < -0.39 is 11.7 Å². The lowest BCUT2D eigenvalue weighted by atomic mass is 9.98. The highest BCUT2D eigenvalue weighted by atomic mass is 19.4. The lowest BCUT2D eigenvalue weighted by Crippen LogP contribution is -2.48. The van der Waals surface area contributed by atoms with E-state index in [1.807, 2.05) is 0 Å². The highest BCUT2D eigenvalue weighted by molar-refractivity contribution is 5.97. The molecular weight excluding hydrogens is 415 g/mol. The van der Waals surface area contributed by atoms with Gasteiger partial charge in [-0.15, -0.1) is 0 Å². The zero-order valence-electron chi connectivity index (χ0n) is 16.6. The summed E-state index contributed by atoms with van der Waals surface area (Å²) >= 11 is 0. The molecule has 0 saturated carbocycles. The van der Waals surface area contributed by atoms with Crippen molar-refractivity contribution < 1.29 is 32.0 Å². The number of aromatic nitrogens is 2. The van der Waals surface area contributed by atoms with E-state index in [4.69, 9.17) is 14.0 Å². The van der Waals surface area contributed by atoms with Crippen LogP contribution in [-0.2, 0) is 6.18 Å². The number of benzene rings is 2. The van der Waals surface area contributed by atoms with Crippen molar-refractivity contribution in [3.8, 4) is 22.9 Å². The van der Waals surface area contributed by atoms with E-state index >= 15 is 0 Å². The van der Waals surface area contributed by atoms with Crippen LogP contribution in [0, 0.1) is 0 Å². The van der Waals surface area contributed by atoms with Crippen molar-refractivity contribution in [3.05, 3.63) is 59.5 Å². The van der Waals surface area contributed by atoms with Gasteiger partial charge in [0.2, 0.25) is 11.7 Å². The molecule has 0 aliphatic carbocycles. The van der Waals surface area contributed by atoms with Gasteiger partial charge < -0.3 is 18.9 Å². The molecule has 31 heavy (non-hydrogen) atoms. The number of amides is 1. The smallest absolute Gasteiger partial charge is 0.416 e. The second-order valence-corrected chi connectivity index (χ2v) is 7.01. The topological polar surface area (TPSA) is 77.7 Å². The van der Waals surface area contributed by atoms with Crippen LogP contribution in [-0.4, -0.2) is 48.3 Å². The molecule has 1 fully saturated rings. The normalized spacial score (nSPS) is 14.3. The van der Waals surface area contributed by atoms with Crippen molar-refractivity contribution in [2.24, 2.45) is 0 Å². The number of ether oxygens (including phenoxy) is 2. The zero-order valence-corrected chi connectivity index (χ0v) is 16.6. The van der Waals surface area contributed by atoms with Gasteiger partial charge in [-0.25, -0.2) is 0 Å². The van der Waals surface area contributed by atoms with E-state index in [1.54, 1.807) is 23.1 Å². The largest absolute Gasteiger partial charge is 0.497 e. The molecule has 1 aromatic heterocycles. The van der Waals surface area contributed by atoms with Crippen LogP contribution >= 0.6 is 0 Å². The Hall–Kier alpha value is -3.56. The van der Waals surface area contributed by atoms with E-state index in [2.05, 4.69) is 10.1 Å². The predicted octanol–water partition coefficient (Wildman–Crippen LogP) is 4.01. The van der Waals surface area contributed by atoms with E-state index in [1.165, 1.54) is 26.4 Å². The Morgan fingerprint density at radius 3 is 2.58 bits per heavy atom. The van der Waals surface area contributed by atoms with Crippen molar-refractivity contribution >= 4 is 5.91 Å². The first kappa shape index (κ1) is 20.7. The Bertz CT molecular complexity index is 1110. The minimum atomic E-state index is -4.46. The quantitative estimate of drug-likeness (QED) is 0.605. The average Bonchev–Trinajstić information content (AvgIpc) is 3.21. The first-order chi connectivity index (χ1) is 14.8. The van der Waals surface area contributed by atoms with E-state index in [0.29, 0.717) is 30.2 Å². The molecule has 10 heteroatoms. The van der Waals surface area contributed by atoms with Crippen LogP contribution in [0.3, 0.4) is 0 Å². The Balaban J connectivity index is 1.45. The summed E-state index contributed by atoms with van der Waals surface area (Å²) in [4.78, 5) is 18.6. The average molecular weight is 433 g/mol. The number of likely N-dealkylation sites (tertiary alicyclic amines) is 1. The van der Waals surface area contributed by atoms with Gasteiger partial charge >= 0.3 is 6.18 Å². The van der Waals surface area contributed by atoms with Crippen LogP contribution < -0.4 is 9.47 Å². The zero-order chi connectivity index (χ0) is 22.2. The first-order valence-corrected chi connectivity index (χ1v) is 9.32. The maximum atomic E-state index is 12.9. The van der Waals surface area contributed by atoms with Gasteiger partial charge in [-0.05, 0) is 24.3 Å². The fraction of sp³-hybridized carbons (Fsp3) is 0.286. The number of halogens is 3. The summed E-state index contributed by atoms with van der Waals surface area (Å²) in [7, 11) is 2.99. The molecule has 2 heterocycles. The van der Waals surface area contributed by atoms with Crippen molar-refractivity contribution in [2.75, 3.05) is 27.3 Å². The first-order valence-electron chi connectivity index (χ1n) is 9.32. The Kier molecular flexibility index (Phi) is 5.30. The predicted molar refractivity (Wildman–Crippen MR) is 103 cm³/mol. The SMILES string of the molecule is COc1ccc(C(=O)N2CC(c3nc(-c4cccc(C(F)(F)F)c4)no3)C2)c(OC)c1. The number of rotatable bonds is 5. The molecule has 2 aromatic carbocycles. The van der Waals surface area contributed by atoms with E-state index in [9.17, 15) is 18.0 Å². The third-order valence-electron chi connectivity index (χ3n) is 5.05. The van der Waals surface area contributed by atoms with Crippen molar-refractivity contribution in [1.29, 1.82) is 0 Å². The molecule has 0 radical (unpaired) electrons. The van der Waals surface area contributed by atoms with Gasteiger partial charge in [-0.2, -0.15) is 18.2 Å². The Morgan fingerprint density at radius 1 is 1.13 bits per heavy atom. The van der Waals surface area contributed by atoms with Crippen molar-refractivity contribution in [3.63, 3.8) is 0 Å². The third kappa shape index (κ3) is 4.05. The summed E-state index contributed by atoms with van der Waals surface area (Å²) < 4.78 is 54.4. The Labute approximate surface area is 175 Å². The van der Waals surface area contributed by atoms with Gasteiger partial charge in [0.25, 0.3) is 5.91 Å². The molecule has 7 nitrogen and oxygen atoms in total. The lowest BCUT2D eigenvalue weighted by molar-refractivity contribution is -0.137. The van der Waals surface area contributed by atoms with Crippen LogP contribution in [0.1, 0.15) is 27.7 Å².